The van der Waals surface area contributed by atoms with Gasteiger partial charge in [-0.15, -0.1) is 0 Å². The smallest absolute Gasteiger partial charge is 0.123 e. The van der Waals surface area contributed by atoms with E-state index in [9.17, 15) is 5.26 Å². The van der Waals surface area contributed by atoms with Crippen LogP contribution < -0.4 is 0 Å². The Morgan fingerprint density at radius 1 is 1.20 bits per heavy atom. The van der Waals surface area contributed by atoms with Crippen LogP contribution in [-0.2, 0) is 4.74 Å². The molecule has 1 aromatic rings. The maximum atomic E-state index is 9.45. The first-order valence-electron chi connectivity index (χ1n) is 7.34. The first-order chi connectivity index (χ1) is 9.85. The lowest BCUT2D eigenvalue weighted by Gasteiger charge is -2.36. The van der Waals surface area contributed by atoms with Crippen LogP contribution in [0.25, 0.3) is 0 Å². The fourth-order valence-corrected chi connectivity index (χ4v) is 2.59. The van der Waals surface area contributed by atoms with Crippen molar-refractivity contribution in [2.24, 2.45) is 0 Å². The first-order valence-corrected chi connectivity index (χ1v) is 7.34. The van der Waals surface area contributed by atoms with E-state index >= 15 is 0 Å². The zero-order valence-electron chi connectivity index (χ0n) is 12.2. The van der Waals surface area contributed by atoms with Crippen LogP contribution in [0.15, 0.2) is 30.3 Å². The second-order valence-electron chi connectivity index (χ2n) is 5.02. The maximum Gasteiger partial charge on any atom is 0.123 e. The van der Waals surface area contributed by atoms with Crippen molar-refractivity contribution in [3.05, 3.63) is 35.9 Å². The summed E-state index contributed by atoms with van der Waals surface area (Å²) in [5, 5.41) is 9.45. The highest BCUT2D eigenvalue weighted by molar-refractivity contribution is 5.24. The lowest BCUT2D eigenvalue weighted by molar-refractivity contribution is 0.0731. The SMILES string of the molecule is CCOCCN1CCN(C(C#N)c2ccccc2)CC1. The summed E-state index contributed by atoms with van der Waals surface area (Å²) in [6, 6.07) is 12.4. The molecule has 0 N–H and O–H groups in total. The summed E-state index contributed by atoms with van der Waals surface area (Å²) >= 11 is 0. The van der Waals surface area contributed by atoms with Gasteiger partial charge in [-0.25, -0.2) is 0 Å². The van der Waals surface area contributed by atoms with Crippen LogP contribution in [0.5, 0.6) is 0 Å². The molecule has 1 aliphatic rings. The molecule has 108 valence electrons. The van der Waals surface area contributed by atoms with Crippen LogP contribution in [0, 0.1) is 11.3 Å². The molecule has 4 nitrogen and oxygen atoms in total. The predicted molar refractivity (Wildman–Crippen MR) is 79.3 cm³/mol. The van der Waals surface area contributed by atoms with Gasteiger partial charge in [0.25, 0.3) is 0 Å². The summed E-state index contributed by atoms with van der Waals surface area (Å²) in [4.78, 5) is 4.68. The number of hydrogen-bond acceptors (Lipinski definition) is 4. The number of piperazine rings is 1. The van der Waals surface area contributed by atoms with Crippen LogP contribution >= 0.6 is 0 Å². The highest BCUT2D eigenvalue weighted by Crippen LogP contribution is 2.21. The molecule has 1 aromatic carbocycles. The normalized spacial score (nSPS) is 18.6. The molecule has 0 bridgehead atoms. The lowest BCUT2D eigenvalue weighted by Crippen LogP contribution is -2.48. The molecule has 1 heterocycles. The van der Waals surface area contributed by atoms with Gasteiger partial charge in [-0.05, 0) is 12.5 Å². The Morgan fingerprint density at radius 3 is 2.50 bits per heavy atom. The van der Waals surface area contributed by atoms with Crippen molar-refractivity contribution < 1.29 is 4.74 Å². The monoisotopic (exact) mass is 273 g/mol. The molecule has 0 aromatic heterocycles. The van der Waals surface area contributed by atoms with Crippen molar-refractivity contribution >= 4 is 0 Å². The number of nitrogens with zero attached hydrogens (tertiary/aromatic N) is 3. The van der Waals surface area contributed by atoms with Gasteiger partial charge in [0, 0.05) is 39.3 Å². The molecule has 20 heavy (non-hydrogen) atoms. The van der Waals surface area contributed by atoms with Gasteiger partial charge in [-0.2, -0.15) is 5.26 Å². The van der Waals surface area contributed by atoms with E-state index in [-0.39, 0.29) is 6.04 Å². The molecule has 1 atom stereocenters. The van der Waals surface area contributed by atoms with E-state index in [4.69, 9.17) is 4.74 Å². The average molecular weight is 273 g/mol. The minimum Gasteiger partial charge on any atom is -0.380 e. The molecule has 0 aliphatic carbocycles. The van der Waals surface area contributed by atoms with Crippen molar-refractivity contribution in [3.63, 3.8) is 0 Å². The molecule has 1 saturated heterocycles. The Balaban J connectivity index is 1.85. The molecule has 4 heteroatoms. The van der Waals surface area contributed by atoms with Crippen LogP contribution in [-0.4, -0.2) is 55.7 Å². The van der Waals surface area contributed by atoms with Crippen molar-refractivity contribution in [2.75, 3.05) is 45.9 Å². The quantitative estimate of drug-likeness (QED) is 0.742. The molecule has 2 rings (SSSR count). The van der Waals surface area contributed by atoms with Gasteiger partial charge in [0.05, 0.1) is 12.7 Å². The molecular formula is C16H23N3O. The summed E-state index contributed by atoms with van der Waals surface area (Å²) < 4.78 is 5.39. The van der Waals surface area contributed by atoms with Crippen LogP contribution in [0.4, 0.5) is 0 Å². The topological polar surface area (TPSA) is 39.5 Å². The molecule has 0 radical (unpaired) electrons. The van der Waals surface area contributed by atoms with Gasteiger partial charge in [-0.3, -0.25) is 9.80 Å². The fraction of sp³-hybridized carbons (Fsp3) is 0.562. The largest absolute Gasteiger partial charge is 0.380 e. The predicted octanol–water partition coefficient (Wildman–Crippen LogP) is 1.91. The Morgan fingerprint density at radius 2 is 1.90 bits per heavy atom. The summed E-state index contributed by atoms with van der Waals surface area (Å²) in [6.45, 7) is 8.51. The minimum absolute atomic E-state index is 0.120. The van der Waals surface area contributed by atoms with Crippen LogP contribution in [0.1, 0.15) is 18.5 Å². The molecule has 1 unspecified atom stereocenters. The molecule has 0 saturated carbocycles. The highest BCUT2D eigenvalue weighted by atomic mass is 16.5. The highest BCUT2D eigenvalue weighted by Gasteiger charge is 2.24. The molecule has 0 spiro atoms. The number of ether oxygens (including phenoxy) is 1. The van der Waals surface area contributed by atoms with E-state index in [2.05, 4.69) is 15.9 Å². The summed E-state index contributed by atoms with van der Waals surface area (Å²) in [5.41, 5.74) is 1.10. The number of rotatable bonds is 6. The van der Waals surface area contributed by atoms with E-state index < -0.39 is 0 Å². The van der Waals surface area contributed by atoms with Crippen LogP contribution in [0.2, 0.25) is 0 Å². The Bertz CT molecular complexity index is 421. The van der Waals surface area contributed by atoms with Crippen molar-refractivity contribution in [3.8, 4) is 6.07 Å². The van der Waals surface area contributed by atoms with Gasteiger partial charge >= 0.3 is 0 Å². The second kappa shape index (κ2) is 8.01. The maximum absolute atomic E-state index is 9.45. The van der Waals surface area contributed by atoms with E-state index in [0.717, 1.165) is 51.5 Å². The Hall–Kier alpha value is -1.41. The van der Waals surface area contributed by atoms with E-state index in [1.807, 2.05) is 37.3 Å². The standard InChI is InChI=1S/C16H23N3O/c1-2-20-13-12-18-8-10-19(11-9-18)16(14-17)15-6-4-3-5-7-15/h3-7,16H,2,8-13H2,1H3. The van der Waals surface area contributed by atoms with Gasteiger partial charge < -0.3 is 4.74 Å². The molecule has 1 fully saturated rings. The third-order valence-electron chi connectivity index (χ3n) is 3.77. The third-order valence-corrected chi connectivity index (χ3v) is 3.77. The Labute approximate surface area is 121 Å². The fourth-order valence-electron chi connectivity index (χ4n) is 2.59. The number of benzene rings is 1. The third kappa shape index (κ3) is 4.04. The zero-order valence-corrected chi connectivity index (χ0v) is 12.2. The van der Waals surface area contributed by atoms with Gasteiger partial charge in [0.2, 0.25) is 0 Å². The summed E-state index contributed by atoms with van der Waals surface area (Å²) in [5.74, 6) is 0. The van der Waals surface area contributed by atoms with Crippen molar-refractivity contribution in [1.29, 1.82) is 5.26 Å². The second-order valence-corrected chi connectivity index (χ2v) is 5.02. The number of nitriles is 1. The summed E-state index contributed by atoms with van der Waals surface area (Å²) in [7, 11) is 0. The first kappa shape index (κ1) is 15.0. The van der Waals surface area contributed by atoms with Crippen LogP contribution in [0.3, 0.4) is 0 Å². The zero-order chi connectivity index (χ0) is 14.2. The van der Waals surface area contributed by atoms with E-state index in [1.54, 1.807) is 0 Å². The lowest BCUT2D eigenvalue weighted by atomic mass is 10.1. The summed E-state index contributed by atoms with van der Waals surface area (Å²) in [6.07, 6.45) is 0. The Kier molecular flexibility index (Phi) is 6.00. The van der Waals surface area contributed by atoms with E-state index in [0.29, 0.717) is 0 Å². The van der Waals surface area contributed by atoms with E-state index in [1.165, 1.54) is 0 Å². The number of hydrogen-bond donors (Lipinski definition) is 0. The van der Waals surface area contributed by atoms with Crippen molar-refractivity contribution in [1.82, 2.24) is 9.80 Å². The average Bonchev–Trinajstić information content (AvgIpc) is 2.51. The van der Waals surface area contributed by atoms with Gasteiger partial charge in [0.15, 0.2) is 0 Å². The molecule has 0 amide bonds. The van der Waals surface area contributed by atoms with Gasteiger partial charge in [-0.1, -0.05) is 30.3 Å². The van der Waals surface area contributed by atoms with Gasteiger partial charge in [0.1, 0.15) is 6.04 Å². The molecule has 1 aliphatic heterocycles. The minimum atomic E-state index is -0.120. The molecular weight excluding hydrogens is 250 g/mol. The van der Waals surface area contributed by atoms with Crippen molar-refractivity contribution in [2.45, 2.75) is 13.0 Å².